The molecule has 1 amide bonds. The second-order valence-electron chi connectivity index (χ2n) is 6.37. The topological polar surface area (TPSA) is 75.7 Å². The Labute approximate surface area is 136 Å². The number of carbonyl (C=O) groups excluding carboxylic acids is 1. The van der Waals surface area contributed by atoms with Crippen LogP contribution in [-0.4, -0.2) is 56.8 Å². The number of nitrogens with zero attached hydrogens (tertiary/aromatic N) is 1. The van der Waals surface area contributed by atoms with E-state index in [1.165, 1.54) is 0 Å². The van der Waals surface area contributed by atoms with Gasteiger partial charge in [-0.3, -0.25) is 4.79 Å². The number of carbonyl (C=O) groups is 1. The molecule has 2 fully saturated rings. The van der Waals surface area contributed by atoms with E-state index in [9.17, 15) is 13.2 Å². The molecule has 6 nitrogen and oxygen atoms in total. The minimum absolute atomic E-state index is 0.0630. The molecule has 1 aromatic rings. The third kappa shape index (κ3) is 3.57. The Morgan fingerprint density at radius 1 is 1.39 bits per heavy atom. The van der Waals surface area contributed by atoms with Gasteiger partial charge in [-0.15, -0.1) is 0 Å². The lowest BCUT2D eigenvalue weighted by atomic mass is 10.0. The van der Waals surface area contributed by atoms with Crippen LogP contribution >= 0.6 is 0 Å². The number of hydrogen-bond acceptors (Lipinski definition) is 4. The monoisotopic (exact) mass is 338 g/mol. The first kappa shape index (κ1) is 16.4. The van der Waals surface area contributed by atoms with E-state index in [0.29, 0.717) is 18.7 Å². The summed E-state index contributed by atoms with van der Waals surface area (Å²) in [7, 11) is -3.35. The Morgan fingerprint density at radius 3 is 2.87 bits per heavy atom. The van der Waals surface area contributed by atoms with E-state index in [0.717, 1.165) is 24.7 Å². The predicted octanol–water partition coefficient (Wildman–Crippen LogP) is 0.916. The highest BCUT2D eigenvalue weighted by molar-refractivity contribution is 7.88. The maximum absolute atomic E-state index is 12.9. The normalized spacial score (nSPS) is 27.7. The molecule has 1 aromatic carbocycles. The molecule has 23 heavy (non-hydrogen) atoms. The van der Waals surface area contributed by atoms with Gasteiger partial charge < -0.3 is 9.64 Å². The lowest BCUT2D eigenvalue weighted by Crippen LogP contribution is -2.47. The molecule has 3 atom stereocenters. The minimum atomic E-state index is -3.35. The van der Waals surface area contributed by atoms with Gasteiger partial charge in [0.2, 0.25) is 10.0 Å². The SMILES string of the molecule is Cc1cccc(C(=O)N2C[C@@H](NS(C)(=O)=O)[C@@H]3OCCC[C@@H]32)c1. The highest BCUT2D eigenvalue weighted by atomic mass is 32.2. The van der Waals surface area contributed by atoms with E-state index in [-0.39, 0.29) is 24.1 Å². The average Bonchev–Trinajstić information content (AvgIpc) is 2.84. The molecule has 0 aromatic heterocycles. The van der Waals surface area contributed by atoms with Gasteiger partial charge in [0.15, 0.2) is 0 Å². The molecule has 0 saturated carbocycles. The molecule has 2 saturated heterocycles. The number of ether oxygens (including phenoxy) is 1. The molecule has 1 N–H and O–H groups in total. The van der Waals surface area contributed by atoms with Crippen molar-refractivity contribution in [3.63, 3.8) is 0 Å². The molecule has 0 radical (unpaired) electrons. The van der Waals surface area contributed by atoms with E-state index < -0.39 is 10.0 Å². The first-order valence-electron chi connectivity index (χ1n) is 7.82. The van der Waals surface area contributed by atoms with Gasteiger partial charge in [-0.1, -0.05) is 17.7 Å². The lowest BCUT2D eigenvalue weighted by molar-refractivity contribution is -0.0156. The highest BCUT2D eigenvalue weighted by Gasteiger charge is 2.47. The van der Waals surface area contributed by atoms with E-state index >= 15 is 0 Å². The summed E-state index contributed by atoms with van der Waals surface area (Å²) in [4.78, 5) is 14.6. The van der Waals surface area contributed by atoms with Gasteiger partial charge >= 0.3 is 0 Å². The van der Waals surface area contributed by atoms with Crippen molar-refractivity contribution in [2.45, 2.75) is 38.0 Å². The lowest BCUT2D eigenvalue weighted by Gasteiger charge is -2.32. The average molecular weight is 338 g/mol. The standard InChI is InChI=1S/C16H22N2O4S/c1-11-5-3-6-12(9-11)16(19)18-10-13(17-23(2,20)21)15-14(18)7-4-8-22-15/h3,5-6,9,13-15,17H,4,7-8,10H2,1-2H3/t13-,14+,15+/m1/s1. The largest absolute Gasteiger partial charge is 0.374 e. The van der Waals surface area contributed by atoms with Crippen molar-refractivity contribution < 1.29 is 17.9 Å². The third-order valence-corrected chi connectivity index (χ3v) is 5.15. The fourth-order valence-electron chi connectivity index (χ4n) is 3.51. The number of amides is 1. The molecule has 0 bridgehead atoms. The molecular formula is C16H22N2O4S. The van der Waals surface area contributed by atoms with Crippen molar-refractivity contribution in [3.05, 3.63) is 35.4 Å². The fourth-order valence-corrected chi connectivity index (χ4v) is 4.27. The summed E-state index contributed by atoms with van der Waals surface area (Å²) < 4.78 is 31.6. The van der Waals surface area contributed by atoms with Crippen molar-refractivity contribution in [1.82, 2.24) is 9.62 Å². The fraction of sp³-hybridized carbons (Fsp3) is 0.562. The Bertz CT molecular complexity index is 704. The number of aryl methyl sites for hydroxylation is 1. The van der Waals surface area contributed by atoms with Crippen molar-refractivity contribution in [2.75, 3.05) is 19.4 Å². The van der Waals surface area contributed by atoms with Gasteiger partial charge in [0.1, 0.15) is 0 Å². The molecule has 0 aliphatic carbocycles. The van der Waals surface area contributed by atoms with Crippen LogP contribution in [0.15, 0.2) is 24.3 Å². The number of likely N-dealkylation sites (tertiary alicyclic amines) is 1. The van der Waals surface area contributed by atoms with Crippen LogP contribution in [0.5, 0.6) is 0 Å². The van der Waals surface area contributed by atoms with Gasteiger partial charge in [0.25, 0.3) is 5.91 Å². The summed E-state index contributed by atoms with van der Waals surface area (Å²) in [5, 5.41) is 0. The van der Waals surface area contributed by atoms with E-state index in [1.54, 1.807) is 11.0 Å². The quantitative estimate of drug-likeness (QED) is 0.889. The van der Waals surface area contributed by atoms with Crippen molar-refractivity contribution >= 4 is 15.9 Å². The number of fused-ring (bicyclic) bond motifs is 1. The van der Waals surface area contributed by atoms with Gasteiger partial charge in [0, 0.05) is 18.7 Å². The molecule has 2 aliphatic heterocycles. The highest BCUT2D eigenvalue weighted by Crippen LogP contribution is 2.30. The summed E-state index contributed by atoms with van der Waals surface area (Å²) in [6, 6.07) is 7.00. The Hall–Kier alpha value is -1.44. The van der Waals surface area contributed by atoms with Crippen LogP contribution in [-0.2, 0) is 14.8 Å². The van der Waals surface area contributed by atoms with Crippen LogP contribution in [0.2, 0.25) is 0 Å². The van der Waals surface area contributed by atoms with Crippen molar-refractivity contribution in [1.29, 1.82) is 0 Å². The zero-order chi connectivity index (χ0) is 16.6. The van der Waals surface area contributed by atoms with E-state index in [1.807, 2.05) is 25.1 Å². The van der Waals surface area contributed by atoms with Gasteiger partial charge in [-0.25, -0.2) is 13.1 Å². The number of nitrogens with one attached hydrogen (secondary N) is 1. The van der Waals surface area contributed by atoms with Crippen molar-refractivity contribution in [2.24, 2.45) is 0 Å². The number of rotatable bonds is 3. The van der Waals surface area contributed by atoms with Gasteiger partial charge in [-0.05, 0) is 31.9 Å². The molecule has 3 rings (SSSR count). The molecule has 126 valence electrons. The summed E-state index contributed by atoms with van der Waals surface area (Å²) in [6.45, 7) is 2.89. The third-order valence-electron chi connectivity index (χ3n) is 4.42. The molecule has 0 spiro atoms. The molecule has 2 aliphatic rings. The molecule has 0 unspecified atom stereocenters. The molecule has 7 heteroatoms. The van der Waals surface area contributed by atoms with E-state index in [2.05, 4.69) is 4.72 Å². The second-order valence-corrected chi connectivity index (χ2v) is 8.15. The summed E-state index contributed by atoms with van der Waals surface area (Å²) in [5.41, 5.74) is 1.66. The van der Waals surface area contributed by atoms with Crippen LogP contribution in [0.4, 0.5) is 0 Å². The van der Waals surface area contributed by atoms with Crippen LogP contribution in [0, 0.1) is 6.92 Å². The van der Waals surface area contributed by atoms with Crippen LogP contribution in [0.3, 0.4) is 0 Å². The Kier molecular flexibility index (Phi) is 4.44. The molecule has 2 heterocycles. The smallest absolute Gasteiger partial charge is 0.254 e. The van der Waals surface area contributed by atoms with Crippen LogP contribution in [0.25, 0.3) is 0 Å². The summed E-state index contributed by atoms with van der Waals surface area (Å²) in [6.07, 6.45) is 2.58. The van der Waals surface area contributed by atoms with Crippen LogP contribution in [0.1, 0.15) is 28.8 Å². The summed E-state index contributed by atoms with van der Waals surface area (Å²) >= 11 is 0. The zero-order valence-corrected chi connectivity index (χ0v) is 14.2. The van der Waals surface area contributed by atoms with Crippen LogP contribution < -0.4 is 4.72 Å². The minimum Gasteiger partial charge on any atom is -0.374 e. The predicted molar refractivity (Wildman–Crippen MR) is 86.7 cm³/mol. The van der Waals surface area contributed by atoms with Crippen molar-refractivity contribution in [3.8, 4) is 0 Å². The zero-order valence-electron chi connectivity index (χ0n) is 13.4. The number of benzene rings is 1. The second kappa shape index (κ2) is 6.22. The number of hydrogen-bond donors (Lipinski definition) is 1. The Balaban J connectivity index is 1.85. The first-order valence-corrected chi connectivity index (χ1v) is 9.71. The van der Waals surface area contributed by atoms with Gasteiger partial charge in [-0.2, -0.15) is 0 Å². The number of sulfonamides is 1. The first-order chi connectivity index (χ1) is 10.8. The maximum atomic E-state index is 12.9. The molecular weight excluding hydrogens is 316 g/mol. The van der Waals surface area contributed by atoms with E-state index in [4.69, 9.17) is 4.74 Å². The Morgan fingerprint density at radius 2 is 2.17 bits per heavy atom. The summed E-state index contributed by atoms with van der Waals surface area (Å²) in [5.74, 6) is -0.0630. The maximum Gasteiger partial charge on any atom is 0.254 e. The van der Waals surface area contributed by atoms with Gasteiger partial charge in [0.05, 0.1) is 24.4 Å².